The molecule has 0 radical (unpaired) electrons. The first kappa shape index (κ1) is 12.6. The van der Waals surface area contributed by atoms with Gasteiger partial charge in [0.25, 0.3) is 0 Å². The van der Waals surface area contributed by atoms with Gasteiger partial charge in [0.2, 0.25) is 5.91 Å². The number of carbonyl (C=O) groups is 1. The number of hydrogen-bond acceptors (Lipinski definition) is 4. The molecule has 1 amide bonds. The second-order valence-corrected chi connectivity index (χ2v) is 6.24. The third-order valence-corrected chi connectivity index (χ3v) is 4.61. The van der Waals surface area contributed by atoms with E-state index in [1.165, 1.54) is 11.1 Å². The van der Waals surface area contributed by atoms with Crippen molar-refractivity contribution in [2.75, 3.05) is 18.0 Å². The molecular weight excluding hydrogens is 258 g/mol. The standard InChI is InChI=1S/C14H17N3OS/c1-8-3-9(2)13-11(4-8)19-14(16-13)17-7-10(6-15)5-12(17)18/h3-4,10H,5-7,15H2,1-2H3. The Bertz CT molecular complexity index is 649. The van der Waals surface area contributed by atoms with Crippen LogP contribution in [-0.4, -0.2) is 24.0 Å². The van der Waals surface area contributed by atoms with Crippen molar-refractivity contribution in [3.63, 3.8) is 0 Å². The van der Waals surface area contributed by atoms with E-state index in [0.29, 0.717) is 19.5 Å². The highest BCUT2D eigenvalue weighted by atomic mass is 32.1. The Labute approximate surface area is 116 Å². The smallest absolute Gasteiger partial charge is 0.229 e. The van der Waals surface area contributed by atoms with Crippen molar-refractivity contribution < 1.29 is 4.79 Å². The summed E-state index contributed by atoms with van der Waals surface area (Å²) in [6, 6.07) is 4.25. The van der Waals surface area contributed by atoms with Gasteiger partial charge in [-0.1, -0.05) is 17.4 Å². The molecule has 2 N–H and O–H groups in total. The van der Waals surface area contributed by atoms with Crippen molar-refractivity contribution in [3.05, 3.63) is 23.3 Å². The number of benzene rings is 1. The van der Waals surface area contributed by atoms with Crippen molar-refractivity contribution >= 4 is 32.6 Å². The first-order valence-electron chi connectivity index (χ1n) is 6.46. The topological polar surface area (TPSA) is 59.2 Å². The maximum absolute atomic E-state index is 12.0. The molecule has 19 heavy (non-hydrogen) atoms. The molecule has 100 valence electrons. The van der Waals surface area contributed by atoms with Crippen LogP contribution in [0.25, 0.3) is 10.2 Å². The van der Waals surface area contributed by atoms with Crippen LogP contribution in [0, 0.1) is 19.8 Å². The minimum Gasteiger partial charge on any atom is -0.330 e. The number of aromatic nitrogens is 1. The quantitative estimate of drug-likeness (QED) is 0.914. The number of nitrogens with zero attached hydrogens (tertiary/aromatic N) is 2. The molecule has 0 saturated carbocycles. The average Bonchev–Trinajstić information content (AvgIpc) is 2.92. The lowest BCUT2D eigenvalue weighted by Crippen LogP contribution is -2.25. The number of aryl methyl sites for hydroxylation is 2. The van der Waals surface area contributed by atoms with Gasteiger partial charge < -0.3 is 5.73 Å². The van der Waals surface area contributed by atoms with Crippen molar-refractivity contribution in [2.24, 2.45) is 11.7 Å². The highest BCUT2D eigenvalue weighted by Crippen LogP contribution is 2.34. The van der Waals surface area contributed by atoms with Gasteiger partial charge in [0.1, 0.15) is 0 Å². The number of thiazole rings is 1. The van der Waals surface area contributed by atoms with E-state index < -0.39 is 0 Å². The monoisotopic (exact) mass is 275 g/mol. The summed E-state index contributed by atoms with van der Waals surface area (Å²) in [6.07, 6.45) is 0.546. The second kappa shape index (κ2) is 4.58. The Hall–Kier alpha value is -1.46. The van der Waals surface area contributed by atoms with Gasteiger partial charge in [-0.15, -0.1) is 0 Å². The Morgan fingerprint density at radius 2 is 2.26 bits per heavy atom. The van der Waals surface area contributed by atoms with Crippen LogP contribution in [0.3, 0.4) is 0 Å². The predicted octanol–water partition coefficient (Wildman–Crippen LogP) is 2.22. The van der Waals surface area contributed by atoms with Gasteiger partial charge >= 0.3 is 0 Å². The van der Waals surface area contributed by atoms with Gasteiger partial charge in [0, 0.05) is 13.0 Å². The zero-order valence-electron chi connectivity index (χ0n) is 11.1. The van der Waals surface area contributed by atoms with Crippen LogP contribution in [0.4, 0.5) is 5.13 Å². The Kier molecular flexibility index (Phi) is 3.03. The second-order valence-electron chi connectivity index (χ2n) is 5.24. The molecule has 1 aromatic heterocycles. The summed E-state index contributed by atoms with van der Waals surface area (Å²) in [4.78, 5) is 18.4. The molecule has 2 aromatic rings. The Balaban J connectivity index is 2.02. The van der Waals surface area contributed by atoms with Crippen LogP contribution in [0.15, 0.2) is 12.1 Å². The molecule has 4 nitrogen and oxygen atoms in total. The van der Waals surface area contributed by atoms with E-state index in [2.05, 4.69) is 31.0 Å². The van der Waals surface area contributed by atoms with Crippen molar-refractivity contribution in [1.82, 2.24) is 4.98 Å². The molecule has 1 aromatic carbocycles. The fourth-order valence-electron chi connectivity index (χ4n) is 2.60. The minimum absolute atomic E-state index is 0.142. The summed E-state index contributed by atoms with van der Waals surface area (Å²) in [5.41, 5.74) is 9.06. The Morgan fingerprint density at radius 3 is 2.95 bits per heavy atom. The third kappa shape index (κ3) is 2.13. The van der Waals surface area contributed by atoms with E-state index in [1.807, 2.05) is 0 Å². The molecule has 1 unspecified atom stereocenters. The SMILES string of the molecule is Cc1cc(C)c2nc(N3CC(CN)CC3=O)sc2c1. The van der Waals surface area contributed by atoms with Gasteiger partial charge in [-0.05, 0) is 43.5 Å². The zero-order valence-corrected chi connectivity index (χ0v) is 12.0. The highest BCUT2D eigenvalue weighted by molar-refractivity contribution is 7.22. The predicted molar refractivity (Wildman–Crippen MR) is 78.6 cm³/mol. The molecule has 2 heterocycles. The summed E-state index contributed by atoms with van der Waals surface area (Å²) in [7, 11) is 0. The lowest BCUT2D eigenvalue weighted by molar-refractivity contribution is -0.117. The number of nitrogens with two attached hydrogens (primary N) is 1. The number of hydrogen-bond donors (Lipinski definition) is 1. The van der Waals surface area contributed by atoms with Crippen molar-refractivity contribution in [3.8, 4) is 0 Å². The maximum Gasteiger partial charge on any atom is 0.229 e. The zero-order chi connectivity index (χ0) is 13.6. The third-order valence-electron chi connectivity index (χ3n) is 3.59. The van der Waals surface area contributed by atoms with Crippen LogP contribution < -0.4 is 10.6 Å². The van der Waals surface area contributed by atoms with Crippen LogP contribution in [0.2, 0.25) is 0 Å². The molecule has 1 aliphatic heterocycles. The van der Waals surface area contributed by atoms with Gasteiger partial charge in [-0.3, -0.25) is 9.69 Å². The van der Waals surface area contributed by atoms with Crippen LogP contribution in [-0.2, 0) is 4.79 Å². The molecule has 3 rings (SSSR count). The van der Waals surface area contributed by atoms with E-state index in [4.69, 9.17) is 5.73 Å². The average molecular weight is 275 g/mol. The van der Waals surface area contributed by atoms with Crippen molar-refractivity contribution in [1.29, 1.82) is 0 Å². The van der Waals surface area contributed by atoms with Crippen LogP contribution >= 0.6 is 11.3 Å². The molecule has 0 spiro atoms. The summed E-state index contributed by atoms with van der Waals surface area (Å²) in [5.74, 6) is 0.409. The van der Waals surface area contributed by atoms with E-state index in [-0.39, 0.29) is 11.8 Å². The van der Waals surface area contributed by atoms with E-state index in [9.17, 15) is 4.79 Å². The number of amides is 1. The molecule has 1 atom stereocenters. The fourth-order valence-corrected chi connectivity index (χ4v) is 3.77. The van der Waals surface area contributed by atoms with Gasteiger partial charge in [0.05, 0.1) is 10.2 Å². The molecule has 0 bridgehead atoms. The molecule has 0 aliphatic carbocycles. The number of carbonyl (C=O) groups excluding carboxylic acids is 1. The molecule has 1 saturated heterocycles. The van der Waals surface area contributed by atoms with Gasteiger partial charge in [-0.2, -0.15) is 0 Å². The number of rotatable bonds is 2. The first-order chi connectivity index (χ1) is 9.08. The summed E-state index contributed by atoms with van der Waals surface area (Å²) >= 11 is 1.59. The van der Waals surface area contributed by atoms with Crippen molar-refractivity contribution in [2.45, 2.75) is 20.3 Å². The Morgan fingerprint density at radius 1 is 1.47 bits per heavy atom. The normalized spacial score (nSPS) is 19.6. The van der Waals surface area contributed by atoms with Gasteiger partial charge in [-0.25, -0.2) is 4.98 Å². The van der Waals surface area contributed by atoms with E-state index >= 15 is 0 Å². The number of fused-ring (bicyclic) bond motifs is 1. The minimum atomic E-state index is 0.142. The molecule has 1 aliphatic rings. The molecule has 1 fully saturated rings. The highest BCUT2D eigenvalue weighted by Gasteiger charge is 2.31. The van der Waals surface area contributed by atoms with E-state index in [1.54, 1.807) is 16.2 Å². The summed E-state index contributed by atoms with van der Waals surface area (Å²) in [6.45, 7) is 5.41. The maximum atomic E-state index is 12.0. The number of anilines is 1. The summed E-state index contributed by atoms with van der Waals surface area (Å²) < 4.78 is 1.15. The molecular formula is C14H17N3OS. The first-order valence-corrected chi connectivity index (χ1v) is 7.28. The molecule has 5 heteroatoms. The van der Waals surface area contributed by atoms with Crippen LogP contribution in [0.1, 0.15) is 17.5 Å². The lowest BCUT2D eigenvalue weighted by Gasteiger charge is -2.11. The van der Waals surface area contributed by atoms with Gasteiger partial charge in [0.15, 0.2) is 5.13 Å². The largest absolute Gasteiger partial charge is 0.330 e. The lowest BCUT2D eigenvalue weighted by atomic mass is 10.1. The van der Waals surface area contributed by atoms with Crippen LogP contribution in [0.5, 0.6) is 0 Å². The van der Waals surface area contributed by atoms with E-state index in [0.717, 1.165) is 15.3 Å². The summed E-state index contributed by atoms with van der Waals surface area (Å²) in [5, 5.41) is 0.810. The fraction of sp³-hybridized carbons (Fsp3) is 0.429.